The third-order valence-electron chi connectivity index (χ3n) is 4.69. The van der Waals surface area contributed by atoms with E-state index in [9.17, 15) is 4.79 Å². The summed E-state index contributed by atoms with van der Waals surface area (Å²) in [6.07, 6.45) is 3.98. The van der Waals surface area contributed by atoms with Crippen LogP contribution in [0.3, 0.4) is 0 Å². The topological polar surface area (TPSA) is 69.0 Å². The molecule has 1 N–H and O–H groups in total. The summed E-state index contributed by atoms with van der Waals surface area (Å²) in [6, 6.07) is 13.0. The number of nitrogens with zero attached hydrogens (tertiary/aromatic N) is 3. The van der Waals surface area contributed by atoms with E-state index in [-0.39, 0.29) is 5.91 Å². The Bertz CT molecular complexity index is 771. The summed E-state index contributed by atoms with van der Waals surface area (Å²) in [6.45, 7) is 4.71. The van der Waals surface area contributed by atoms with Crippen LogP contribution in [0.1, 0.15) is 34.5 Å². The molecule has 3 rings (SSSR count). The Morgan fingerprint density at radius 2 is 2.00 bits per heavy atom. The quantitative estimate of drug-likeness (QED) is 0.933. The molecular formula is C20H22N4O. The summed E-state index contributed by atoms with van der Waals surface area (Å²) in [7, 11) is 0. The molecule has 1 aromatic carbocycles. The molecular weight excluding hydrogens is 312 g/mol. The van der Waals surface area contributed by atoms with Crippen molar-refractivity contribution in [2.45, 2.75) is 19.8 Å². The molecule has 0 radical (unpaired) electrons. The second-order valence-corrected chi connectivity index (χ2v) is 6.49. The fraction of sp³-hybridized carbons (Fsp3) is 0.350. The van der Waals surface area contributed by atoms with Crippen molar-refractivity contribution in [1.29, 1.82) is 5.26 Å². The smallest absolute Gasteiger partial charge is 0.251 e. The summed E-state index contributed by atoms with van der Waals surface area (Å²) < 4.78 is 0. The number of piperidine rings is 1. The normalized spacial score (nSPS) is 14.8. The maximum absolute atomic E-state index is 12.2. The summed E-state index contributed by atoms with van der Waals surface area (Å²) >= 11 is 0. The molecule has 5 nitrogen and oxygen atoms in total. The first kappa shape index (κ1) is 17.0. The van der Waals surface area contributed by atoms with Crippen LogP contribution >= 0.6 is 0 Å². The van der Waals surface area contributed by atoms with Gasteiger partial charge in [0.1, 0.15) is 0 Å². The highest BCUT2D eigenvalue weighted by Gasteiger charge is 2.20. The summed E-state index contributed by atoms with van der Waals surface area (Å²) in [4.78, 5) is 18.8. The van der Waals surface area contributed by atoms with Crippen LogP contribution in [0.5, 0.6) is 0 Å². The van der Waals surface area contributed by atoms with E-state index in [0.717, 1.165) is 31.6 Å². The van der Waals surface area contributed by atoms with E-state index >= 15 is 0 Å². The lowest BCUT2D eigenvalue weighted by Crippen LogP contribution is -2.38. The Morgan fingerprint density at radius 1 is 1.28 bits per heavy atom. The fourth-order valence-electron chi connectivity index (χ4n) is 3.16. The Morgan fingerprint density at radius 3 is 2.64 bits per heavy atom. The van der Waals surface area contributed by atoms with Crippen LogP contribution in [0.4, 0.5) is 5.69 Å². The highest BCUT2D eigenvalue weighted by atomic mass is 16.1. The van der Waals surface area contributed by atoms with Crippen molar-refractivity contribution in [1.82, 2.24) is 10.3 Å². The third kappa shape index (κ3) is 4.36. The van der Waals surface area contributed by atoms with Gasteiger partial charge >= 0.3 is 0 Å². The SMILES string of the molecule is Cc1cc(N2CCC(CNC(=O)c3ccc(C#N)cc3)CC2)ccn1. The minimum Gasteiger partial charge on any atom is -0.371 e. The second kappa shape index (κ2) is 7.80. The number of carbonyl (C=O) groups is 1. The van der Waals surface area contributed by atoms with Crippen LogP contribution in [0.2, 0.25) is 0 Å². The molecule has 1 saturated heterocycles. The number of nitriles is 1. The van der Waals surface area contributed by atoms with Crippen LogP contribution in [0.25, 0.3) is 0 Å². The van der Waals surface area contributed by atoms with Gasteiger partial charge in [-0.1, -0.05) is 0 Å². The molecule has 1 aliphatic heterocycles. The number of hydrogen-bond acceptors (Lipinski definition) is 4. The van der Waals surface area contributed by atoms with E-state index in [4.69, 9.17) is 5.26 Å². The zero-order chi connectivity index (χ0) is 17.6. The number of pyridine rings is 1. The molecule has 0 bridgehead atoms. The van der Waals surface area contributed by atoms with Gasteiger partial charge in [-0.25, -0.2) is 0 Å². The Kier molecular flexibility index (Phi) is 5.30. The van der Waals surface area contributed by atoms with E-state index in [1.165, 1.54) is 5.69 Å². The van der Waals surface area contributed by atoms with Gasteiger partial charge in [-0.15, -0.1) is 0 Å². The maximum atomic E-state index is 12.2. The molecule has 1 amide bonds. The molecule has 2 heterocycles. The molecule has 1 aliphatic rings. The molecule has 0 saturated carbocycles. The minimum absolute atomic E-state index is 0.0725. The molecule has 0 spiro atoms. The lowest BCUT2D eigenvalue weighted by atomic mass is 9.96. The maximum Gasteiger partial charge on any atom is 0.251 e. The molecule has 1 aromatic heterocycles. The molecule has 5 heteroatoms. The number of aryl methyl sites for hydroxylation is 1. The summed E-state index contributed by atoms with van der Waals surface area (Å²) in [5, 5.41) is 11.8. The standard InChI is InChI=1S/C20H22N4O/c1-15-12-19(6-9-22-15)24-10-7-17(8-11-24)14-23-20(25)18-4-2-16(13-21)3-5-18/h2-6,9,12,17H,7-8,10-11,14H2,1H3,(H,23,25). The third-order valence-corrected chi connectivity index (χ3v) is 4.69. The first-order valence-corrected chi connectivity index (χ1v) is 8.61. The van der Waals surface area contributed by atoms with Crippen molar-refractivity contribution in [2.24, 2.45) is 5.92 Å². The van der Waals surface area contributed by atoms with E-state index in [2.05, 4.69) is 33.4 Å². The van der Waals surface area contributed by atoms with Gasteiger partial charge in [0.15, 0.2) is 0 Å². The molecule has 2 aromatic rings. The van der Waals surface area contributed by atoms with Crippen molar-refractivity contribution >= 4 is 11.6 Å². The number of hydrogen-bond donors (Lipinski definition) is 1. The van der Waals surface area contributed by atoms with Gasteiger partial charge in [-0.2, -0.15) is 5.26 Å². The van der Waals surface area contributed by atoms with Gasteiger partial charge in [0.2, 0.25) is 0 Å². The summed E-state index contributed by atoms with van der Waals surface area (Å²) in [5.74, 6) is 0.429. The highest BCUT2D eigenvalue weighted by Crippen LogP contribution is 2.23. The molecule has 0 unspecified atom stereocenters. The summed E-state index contributed by atoms with van der Waals surface area (Å²) in [5.41, 5.74) is 3.43. The van der Waals surface area contributed by atoms with Gasteiger partial charge in [0.25, 0.3) is 5.91 Å². The second-order valence-electron chi connectivity index (χ2n) is 6.49. The van der Waals surface area contributed by atoms with Crippen molar-refractivity contribution < 1.29 is 4.79 Å². The fourth-order valence-corrected chi connectivity index (χ4v) is 3.16. The van der Waals surface area contributed by atoms with Crippen LogP contribution in [-0.4, -0.2) is 30.5 Å². The van der Waals surface area contributed by atoms with Gasteiger partial charge in [-0.3, -0.25) is 9.78 Å². The first-order valence-electron chi connectivity index (χ1n) is 8.61. The van der Waals surface area contributed by atoms with Crippen molar-refractivity contribution in [3.8, 4) is 6.07 Å². The van der Waals surface area contributed by atoms with Crippen LogP contribution in [-0.2, 0) is 0 Å². The lowest BCUT2D eigenvalue weighted by Gasteiger charge is -2.33. The lowest BCUT2D eigenvalue weighted by molar-refractivity contribution is 0.0945. The Balaban J connectivity index is 1.47. The monoisotopic (exact) mass is 334 g/mol. The van der Waals surface area contributed by atoms with Gasteiger partial charge in [0.05, 0.1) is 11.6 Å². The molecule has 1 fully saturated rings. The number of anilines is 1. The number of benzene rings is 1. The predicted octanol–water partition coefficient (Wildman–Crippen LogP) is 2.91. The van der Waals surface area contributed by atoms with Gasteiger partial charge in [0, 0.05) is 42.8 Å². The number of amides is 1. The zero-order valence-corrected chi connectivity index (χ0v) is 14.4. The van der Waals surface area contributed by atoms with Crippen LogP contribution in [0.15, 0.2) is 42.6 Å². The number of rotatable bonds is 4. The van der Waals surface area contributed by atoms with E-state index in [1.54, 1.807) is 24.3 Å². The van der Waals surface area contributed by atoms with Crippen molar-refractivity contribution in [2.75, 3.05) is 24.5 Å². The molecule has 0 atom stereocenters. The average molecular weight is 334 g/mol. The predicted molar refractivity (Wildman–Crippen MR) is 97.4 cm³/mol. The number of carbonyl (C=O) groups excluding carboxylic acids is 1. The highest BCUT2D eigenvalue weighted by molar-refractivity contribution is 5.94. The van der Waals surface area contributed by atoms with Crippen LogP contribution < -0.4 is 10.2 Å². The zero-order valence-electron chi connectivity index (χ0n) is 14.4. The van der Waals surface area contributed by atoms with Gasteiger partial charge < -0.3 is 10.2 Å². The van der Waals surface area contributed by atoms with E-state index in [1.807, 2.05) is 13.1 Å². The number of aromatic nitrogens is 1. The first-order chi connectivity index (χ1) is 12.2. The average Bonchev–Trinajstić information content (AvgIpc) is 2.66. The molecule has 0 aliphatic carbocycles. The number of nitrogens with one attached hydrogen (secondary N) is 1. The van der Waals surface area contributed by atoms with E-state index in [0.29, 0.717) is 23.6 Å². The molecule has 128 valence electrons. The van der Waals surface area contributed by atoms with E-state index < -0.39 is 0 Å². The van der Waals surface area contributed by atoms with Crippen molar-refractivity contribution in [3.63, 3.8) is 0 Å². The Hall–Kier alpha value is -2.87. The van der Waals surface area contributed by atoms with Crippen LogP contribution in [0, 0.1) is 24.2 Å². The Labute approximate surface area is 148 Å². The minimum atomic E-state index is -0.0725. The van der Waals surface area contributed by atoms with Gasteiger partial charge in [-0.05, 0) is 62.1 Å². The van der Waals surface area contributed by atoms with Crippen molar-refractivity contribution in [3.05, 3.63) is 59.4 Å². The largest absolute Gasteiger partial charge is 0.371 e. The molecule has 25 heavy (non-hydrogen) atoms.